The molecule has 0 aliphatic heterocycles. The standard InChI is InChI=1S/C9H11Cl2N/c1-12-9(6-10)7-2-4-8(11)5-3-7/h2-5,9,12H,6H2,1H3. The fourth-order valence-corrected chi connectivity index (χ4v) is 1.49. The van der Waals surface area contributed by atoms with Crippen LogP contribution < -0.4 is 5.32 Å². The van der Waals surface area contributed by atoms with E-state index in [0.717, 1.165) is 10.6 Å². The summed E-state index contributed by atoms with van der Waals surface area (Å²) < 4.78 is 0. The monoisotopic (exact) mass is 203 g/mol. The van der Waals surface area contributed by atoms with Crippen molar-refractivity contribution in [3.63, 3.8) is 0 Å². The Balaban J connectivity index is 2.80. The molecule has 66 valence electrons. The quantitative estimate of drug-likeness (QED) is 0.746. The zero-order valence-corrected chi connectivity index (χ0v) is 8.36. The predicted molar refractivity (Wildman–Crippen MR) is 54.0 cm³/mol. The number of benzene rings is 1. The van der Waals surface area contributed by atoms with Gasteiger partial charge in [-0.1, -0.05) is 23.7 Å². The van der Waals surface area contributed by atoms with E-state index < -0.39 is 0 Å². The van der Waals surface area contributed by atoms with E-state index in [2.05, 4.69) is 5.32 Å². The highest BCUT2D eigenvalue weighted by atomic mass is 35.5. The van der Waals surface area contributed by atoms with Gasteiger partial charge < -0.3 is 5.32 Å². The molecular weight excluding hydrogens is 193 g/mol. The first-order valence-corrected chi connectivity index (χ1v) is 4.68. The van der Waals surface area contributed by atoms with E-state index >= 15 is 0 Å². The lowest BCUT2D eigenvalue weighted by molar-refractivity contribution is 0.658. The van der Waals surface area contributed by atoms with Crippen LogP contribution in [0.2, 0.25) is 5.02 Å². The van der Waals surface area contributed by atoms with Gasteiger partial charge in [0, 0.05) is 16.9 Å². The van der Waals surface area contributed by atoms with Crippen molar-refractivity contribution in [1.82, 2.24) is 5.32 Å². The lowest BCUT2D eigenvalue weighted by atomic mass is 10.1. The van der Waals surface area contributed by atoms with Crippen LogP contribution in [-0.2, 0) is 0 Å². The number of nitrogens with one attached hydrogen (secondary N) is 1. The van der Waals surface area contributed by atoms with Crippen molar-refractivity contribution in [2.45, 2.75) is 6.04 Å². The van der Waals surface area contributed by atoms with Crippen molar-refractivity contribution in [3.05, 3.63) is 34.9 Å². The average molecular weight is 204 g/mol. The summed E-state index contributed by atoms with van der Waals surface area (Å²) in [6.07, 6.45) is 0. The van der Waals surface area contributed by atoms with E-state index in [9.17, 15) is 0 Å². The Bertz CT molecular complexity index is 229. The molecule has 0 saturated heterocycles. The molecule has 1 aromatic carbocycles. The first-order chi connectivity index (χ1) is 5.77. The molecule has 0 saturated carbocycles. The molecule has 0 aliphatic carbocycles. The Morgan fingerprint density at radius 2 is 1.92 bits per heavy atom. The largest absolute Gasteiger partial charge is 0.312 e. The van der Waals surface area contributed by atoms with Crippen molar-refractivity contribution in [3.8, 4) is 0 Å². The normalized spacial score (nSPS) is 12.9. The molecule has 1 N–H and O–H groups in total. The molecule has 0 aliphatic rings. The van der Waals surface area contributed by atoms with Gasteiger partial charge >= 0.3 is 0 Å². The Hall–Kier alpha value is -0.240. The molecule has 1 aromatic rings. The van der Waals surface area contributed by atoms with Crippen LogP contribution >= 0.6 is 23.2 Å². The van der Waals surface area contributed by atoms with E-state index in [-0.39, 0.29) is 6.04 Å². The van der Waals surface area contributed by atoms with Crippen molar-refractivity contribution < 1.29 is 0 Å². The van der Waals surface area contributed by atoms with Gasteiger partial charge in [0.25, 0.3) is 0 Å². The highest BCUT2D eigenvalue weighted by Gasteiger charge is 2.05. The zero-order chi connectivity index (χ0) is 8.97. The molecule has 0 fully saturated rings. The smallest absolute Gasteiger partial charge is 0.0455 e. The summed E-state index contributed by atoms with van der Waals surface area (Å²) in [7, 11) is 1.89. The van der Waals surface area contributed by atoms with E-state index in [4.69, 9.17) is 23.2 Å². The highest BCUT2D eigenvalue weighted by molar-refractivity contribution is 6.30. The molecule has 0 aromatic heterocycles. The van der Waals surface area contributed by atoms with Gasteiger partial charge in [0.05, 0.1) is 0 Å². The van der Waals surface area contributed by atoms with Crippen molar-refractivity contribution in [2.24, 2.45) is 0 Å². The van der Waals surface area contributed by atoms with Crippen molar-refractivity contribution in [1.29, 1.82) is 0 Å². The highest BCUT2D eigenvalue weighted by Crippen LogP contribution is 2.16. The fourth-order valence-electron chi connectivity index (χ4n) is 1.03. The molecule has 0 spiro atoms. The summed E-state index contributed by atoms with van der Waals surface area (Å²) in [4.78, 5) is 0. The number of hydrogen-bond acceptors (Lipinski definition) is 1. The summed E-state index contributed by atoms with van der Waals surface area (Å²) >= 11 is 11.5. The third kappa shape index (κ3) is 2.37. The third-order valence-electron chi connectivity index (χ3n) is 1.78. The molecule has 1 atom stereocenters. The van der Waals surface area contributed by atoms with Gasteiger partial charge in [-0.05, 0) is 24.7 Å². The van der Waals surface area contributed by atoms with E-state index in [1.165, 1.54) is 0 Å². The second-order valence-corrected chi connectivity index (χ2v) is 3.29. The lowest BCUT2D eigenvalue weighted by Gasteiger charge is -2.12. The van der Waals surface area contributed by atoms with Gasteiger partial charge in [-0.25, -0.2) is 0 Å². The van der Waals surface area contributed by atoms with Crippen LogP contribution in [0, 0.1) is 0 Å². The first-order valence-electron chi connectivity index (χ1n) is 3.76. The molecule has 0 radical (unpaired) electrons. The minimum Gasteiger partial charge on any atom is -0.312 e. The summed E-state index contributed by atoms with van der Waals surface area (Å²) in [5, 5.41) is 3.87. The van der Waals surface area contributed by atoms with E-state index in [1.54, 1.807) is 0 Å². The minimum absolute atomic E-state index is 0.212. The van der Waals surface area contributed by atoms with Crippen LogP contribution in [0.4, 0.5) is 0 Å². The molecule has 1 rings (SSSR count). The Morgan fingerprint density at radius 3 is 2.33 bits per heavy atom. The topological polar surface area (TPSA) is 12.0 Å². The summed E-state index contributed by atoms with van der Waals surface area (Å²) in [5.41, 5.74) is 1.16. The minimum atomic E-state index is 0.212. The molecular formula is C9H11Cl2N. The van der Waals surface area contributed by atoms with Crippen molar-refractivity contribution >= 4 is 23.2 Å². The molecule has 0 amide bonds. The summed E-state index contributed by atoms with van der Waals surface area (Å²) in [6.45, 7) is 0. The Kier molecular flexibility index (Phi) is 3.86. The van der Waals surface area contributed by atoms with E-state index in [1.807, 2.05) is 31.3 Å². The second-order valence-electron chi connectivity index (χ2n) is 2.55. The lowest BCUT2D eigenvalue weighted by Crippen LogP contribution is -2.17. The van der Waals surface area contributed by atoms with Gasteiger partial charge in [0.15, 0.2) is 0 Å². The summed E-state index contributed by atoms with van der Waals surface area (Å²) in [6, 6.07) is 7.91. The molecule has 0 heterocycles. The molecule has 0 bridgehead atoms. The van der Waals surface area contributed by atoms with Gasteiger partial charge in [0.1, 0.15) is 0 Å². The van der Waals surface area contributed by atoms with Crippen LogP contribution in [-0.4, -0.2) is 12.9 Å². The molecule has 12 heavy (non-hydrogen) atoms. The van der Waals surface area contributed by atoms with Crippen LogP contribution in [0.1, 0.15) is 11.6 Å². The third-order valence-corrected chi connectivity index (χ3v) is 2.34. The van der Waals surface area contributed by atoms with Crippen LogP contribution in [0.25, 0.3) is 0 Å². The van der Waals surface area contributed by atoms with Crippen molar-refractivity contribution in [2.75, 3.05) is 12.9 Å². The van der Waals surface area contributed by atoms with Crippen LogP contribution in [0.3, 0.4) is 0 Å². The average Bonchev–Trinajstić information content (AvgIpc) is 2.10. The number of halogens is 2. The predicted octanol–water partition coefficient (Wildman–Crippen LogP) is 2.84. The maximum absolute atomic E-state index is 5.75. The maximum atomic E-state index is 5.75. The van der Waals surface area contributed by atoms with Gasteiger partial charge in [-0.15, -0.1) is 11.6 Å². The zero-order valence-electron chi connectivity index (χ0n) is 6.85. The number of hydrogen-bond donors (Lipinski definition) is 1. The second kappa shape index (κ2) is 4.70. The Morgan fingerprint density at radius 1 is 1.33 bits per heavy atom. The van der Waals surface area contributed by atoms with Gasteiger partial charge in [0.2, 0.25) is 0 Å². The fraction of sp³-hybridized carbons (Fsp3) is 0.333. The maximum Gasteiger partial charge on any atom is 0.0455 e. The number of rotatable bonds is 3. The molecule has 3 heteroatoms. The SMILES string of the molecule is CNC(CCl)c1ccc(Cl)cc1. The first kappa shape index (κ1) is 9.85. The molecule has 1 unspecified atom stereocenters. The van der Waals surface area contributed by atoms with Crippen LogP contribution in [0.5, 0.6) is 0 Å². The Labute approximate surface area is 82.7 Å². The van der Waals surface area contributed by atoms with E-state index in [0.29, 0.717) is 5.88 Å². The summed E-state index contributed by atoms with van der Waals surface area (Å²) in [5.74, 6) is 0.568. The number of alkyl halides is 1. The van der Waals surface area contributed by atoms with Gasteiger partial charge in [-0.3, -0.25) is 0 Å². The van der Waals surface area contributed by atoms with Gasteiger partial charge in [-0.2, -0.15) is 0 Å². The molecule has 1 nitrogen and oxygen atoms in total. The van der Waals surface area contributed by atoms with Crippen LogP contribution in [0.15, 0.2) is 24.3 Å².